The highest BCUT2D eigenvalue weighted by Gasteiger charge is 2.21. The van der Waals surface area contributed by atoms with Crippen molar-refractivity contribution in [2.45, 2.75) is 4.90 Å². The highest BCUT2D eigenvalue weighted by Crippen LogP contribution is 2.22. The highest BCUT2D eigenvalue weighted by molar-refractivity contribution is 7.92. The van der Waals surface area contributed by atoms with Crippen molar-refractivity contribution in [2.24, 2.45) is 0 Å². The first-order valence-electron chi connectivity index (χ1n) is 8.43. The minimum absolute atomic E-state index is 0.0349. The van der Waals surface area contributed by atoms with E-state index in [1.165, 1.54) is 38.4 Å². The van der Waals surface area contributed by atoms with Gasteiger partial charge >= 0.3 is 5.97 Å². The number of nitrogens with one attached hydrogen (secondary N) is 1. The average molecular weight is 406 g/mol. The number of rotatable bonds is 9. The molecule has 2 aromatic rings. The molecule has 0 saturated carbocycles. The largest absolute Gasteiger partial charge is 0.452 e. The van der Waals surface area contributed by atoms with E-state index in [4.69, 9.17) is 9.47 Å². The van der Waals surface area contributed by atoms with Crippen molar-refractivity contribution < 1.29 is 27.5 Å². The van der Waals surface area contributed by atoms with Gasteiger partial charge in [0.2, 0.25) is 0 Å². The molecule has 1 amide bonds. The second-order valence-corrected chi connectivity index (χ2v) is 7.72. The molecule has 9 heteroatoms. The van der Waals surface area contributed by atoms with E-state index in [1.54, 1.807) is 30.3 Å². The summed E-state index contributed by atoms with van der Waals surface area (Å²) in [5.41, 5.74) is 0.663. The smallest absolute Gasteiger partial charge is 0.338 e. The molecule has 2 rings (SSSR count). The Kier molecular flexibility index (Phi) is 7.53. The Labute approximate surface area is 164 Å². The van der Waals surface area contributed by atoms with E-state index in [9.17, 15) is 18.0 Å². The standard InChI is InChI=1S/C19H22N2O6S/c1-21(16-6-4-3-5-7-16)28(24,25)17-10-8-15(9-11-17)19(23)27-14-18(22)20-12-13-26-2/h3-11H,12-14H2,1-2H3,(H,20,22). The lowest BCUT2D eigenvalue weighted by Gasteiger charge is -2.19. The normalized spacial score (nSPS) is 10.9. The molecule has 0 atom stereocenters. The molecule has 0 unspecified atom stereocenters. The molecule has 0 aromatic heterocycles. The number of anilines is 1. The Balaban J connectivity index is 2.00. The number of benzene rings is 2. The molecular weight excluding hydrogens is 384 g/mol. The van der Waals surface area contributed by atoms with Crippen molar-refractivity contribution >= 4 is 27.6 Å². The van der Waals surface area contributed by atoms with Gasteiger partial charge in [-0.05, 0) is 36.4 Å². The molecule has 2 aromatic carbocycles. The molecule has 0 fully saturated rings. The SMILES string of the molecule is COCCNC(=O)COC(=O)c1ccc(S(=O)(=O)N(C)c2ccccc2)cc1. The number of methoxy groups -OCH3 is 1. The van der Waals surface area contributed by atoms with Crippen LogP contribution in [-0.4, -0.2) is 54.2 Å². The van der Waals surface area contributed by atoms with Gasteiger partial charge in [-0.1, -0.05) is 18.2 Å². The molecule has 0 bridgehead atoms. The van der Waals surface area contributed by atoms with Crippen LogP contribution in [0.5, 0.6) is 0 Å². The van der Waals surface area contributed by atoms with Crippen molar-refractivity contribution in [3.8, 4) is 0 Å². The van der Waals surface area contributed by atoms with Gasteiger partial charge in [0.05, 0.1) is 22.8 Å². The number of hydrogen-bond acceptors (Lipinski definition) is 6. The summed E-state index contributed by atoms with van der Waals surface area (Å²) < 4.78 is 36.3. The minimum atomic E-state index is -3.77. The van der Waals surface area contributed by atoms with Crippen LogP contribution in [-0.2, 0) is 24.3 Å². The third kappa shape index (κ3) is 5.54. The van der Waals surface area contributed by atoms with Gasteiger partial charge in [-0.2, -0.15) is 0 Å². The van der Waals surface area contributed by atoms with E-state index < -0.39 is 28.5 Å². The monoisotopic (exact) mass is 406 g/mol. The van der Waals surface area contributed by atoms with Crippen LogP contribution >= 0.6 is 0 Å². The summed E-state index contributed by atoms with van der Waals surface area (Å²) in [4.78, 5) is 23.6. The number of ether oxygens (including phenoxy) is 2. The van der Waals surface area contributed by atoms with Crippen molar-refractivity contribution in [3.05, 3.63) is 60.2 Å². The van der Waals surface area contributed by atoms with Gasteiger partial charge in [0.15, 0.2) is 6.61 Å². The Morgan fingerprint density at radius 1 is 1.04 bits per heavy atom. The number of para-hydroxylation sites is 1. The molecule has 0 saturated heterocycles. The van der Waals surface area contributed by atoms with E-state index in [-0.39, 0.29) is 10.5 Å². The second kappa shape index (κ2) is 9.86. The van der Waals surface area contributed by atoms with Gasteiger partial charge < -0.3 is 14.8 Å². The van der Waals surface area contributed by atoms with E-state index >= 15 is 0 Å². The van der Waals surface area contributed by atoms with Gasteiger partial charge in [-0.3, -0.25) is 9.10 Å². The molecular formula is C19H22N2O6S. The molecule has 8 nitrogen and oxygen atoms in total. The number of sulfonamides is 1. The summed E-state index contributed by atoms with van der Waals surface area (Å²) in [7, 11) is -0.807. The molecule has 1 N–H and O–H groups in total. The van der Waals surface area contributed by atoms with Gasteiger partial charge in [0, 0.05) is 20.7 Å². The van der Waals surface area contributed by atoms with E-state index in [0.717, 1.165) is 4.31 Å². The molecule has 0 heterocycles. The van der Waals surface area contributed by atoms with Crippen LogP contribution in [0.25, 0.3) is 0 Å². The predicted octanol–water partition coefficient (Wildman–Crippen LogP) is 1.43. The van der Waals surface area contributed by atoms with Crippen LogP contribution in [0, 0.1) is 0 Å². The highest BCUT2D eigenvalue weighted by atomic mass is 32.2. The van der Waals surface area contributed by atoms with E-state index in [0.29, 0.717) is 18.8 Å². The number of nitrogens with zero attached hydrogens (tertiary/aromatic N) is 1. The zero-order valence-electron chi connectivity index (χ0n) is 15.6. The van der Waals surface area contributed by atoms with Crippen LogP contribution in [0.1, 0.15) is 10.4 Å². The summed E-state index contributed by atoms with van der Waals surface area (Å²) in [5, 5.41) is 2.52. The molecule has 28 heavy (non-hydrogen) atoms. The van der Waals surface area contributed by atoms with Crippen molar-refractivity contribution in [3.63, 3.8) is 0 Å². The Morgan fingerprint density at radius 3 is 2.29 bits per heavy atom. The quantitative estimate of drug-likeness (QED) is 0.499. The minimum Gasteiger partial charge on any atom is -0.452 e. The summed E-state index contributed by atoms with van der Waals surface area (Å²) >= 11 is 0. The zero-order valence-corrected chi connectivity index (χ0v) is 16.4. The van der Waals surface area contributed by atoms with Gasteiger partial charge in [-0.15, -0.1) is 0 Å². The molecule has 0 spiro atoms. The lowest BCUT2D eigenvalue weighted by atomic mass is 10.2. The van der Waals surface area contributed by atoms with Crippen molar-refractivity contribution in [1.82, 2.24) is 5.32 Å². The lowest BCUT2D eigenvalue weighted by Crippen LogP contribution is -2.31. The number of carbonyl (C=O) groups is 2. The Morgan fingerprint density at radius 2 is 1.68 bits per heavy atom. The van der Waals surface area contributed by atoms with Crippen molar-refractivity contribution in [2.75, 3.05) is 38.2 Å². The molecule has 0 aliphatic carbocycles. The number of carbonyl (C=O) groups excluding carboxylic acids is 2. The Bertz CT molecular complexity index is 898. The van der Waals surface area contributed by atoms with Crippen LogP contribution < -0.4 is 9.62 Å². The molecule has 0 radical (unpaired) electrons. The fourth-order valence-corrected chi connectivity index (χ4v) is 3.45. The Hall–Kier alpha value is -2.91. The first kappa shape index (κ1) is 21.4. The number of hydrogen-bond donors (Lipinski definition) is 1. The predicted molar refractivity (Wildman–Crippen MR) is 104 cm³/mol. The van der Waals surface area contributed by atoms with Crippen LogP contribution in [0.2, 0.25) is 0 Å². The van der Waals surface area contributed by atoms with Gasteiger partial charge in [0.1, 0.15) is 0 Å². The summed E-state index contributed by atoms with van der Waals surface area (Å²) in [5.74, 6) is -1.17. The summed E-state index contributed by atoms with van der Waals surface area (Å²) in [6.45, 7) is 0.237. The number of esters is 1. The van der Waals surface area contributed by atoms with Gasteiger partial charge in [-0.25, -0.2) is 13.2 Å². The maximum atomic E-state index is 12.7. The third-order valence-corrected chi connectivity index (χ3v) is 5.63. The average Bonchev–Trinajstić information content (AvgIpc) is 2.72. The van der Waals surface area contributed by atoms with E-state index in [2.05, 4.69) is 5.32 Å². The van der Waals surface area contributed by atoms with E-state index in [1.807, 2.05) is 0 Å². The summed E-state index contributed by atoms with van der Waals surface area (Å²) in [6.07, 6.45) is 0. The number of amides is 1. The van der Waals surface area contributed by atoms with Gasteiger partial charge in [0.25, 0.3) is 15.9 Å². The first-order chi connectivity index (χ1) is 13.4. The third-order valence-electron chi connectivity index (χ3n) is 3.83. The maximum absolute atomic E-state index is 12.7. The lowest BCUT2D eigenvalue weighted by molar-refractivity contribution is -0.124. The fraction of sp³-hybridized carbons (Fsp3) is 0.263. The van der Waals surface area contributed by atoms with Crippen LogP contribution in [0.3, 0.4) is 0 Å². The van der Waals surface area contributed by atoms with Crippen molar-refractivity contribution in [1.29, 1.82) is 0 Å². The molecule has 0 aliphatic heterocycles. The fourth-order valence-electron chi connectivity index (χ4n) is 2.26. The topological polar surface area (TPSA) is 102 Å². The molecule has 150 valence electrons. The maximum Gasteiger partial charge on any atom is 0.338 e. The summed E-state index contributed by atoms with van der Waals surface area (Å²) in [6, 6.07) is 14.0. The zero-order chi connectivity index (χ0) is 20.6. The van der Waals surface area contributed by atoms with Crippen LogP contribution in [0.15, 0.2) is 59.5 Å². The first-order valence-corrected chi connectivity index (χ1v) is 9.87. The second-order valence-electron chi connectivity index (χ2n) is 5.75. The molecule has 0 aliphatic rings. The van der Waals surface area contributed by atoms with Crippen LogP contribution in [0.4, 0.5) is 5.69 Å².